The molecule has 0 radical (unpaired) electrons. The third-order valence-electron chi connectivity index (χ3n) is 3.39. The standard InChI is InChI=1S/C12H15N3O/c16-12-8-4-3-7-11(12)15-10-6-2-1-5-9(10)13-14-15/h1-2,5-6,11-12,16H,3-4,7-8H2/t11-,12-/m1/s1. The first-order valence-corrected chi connectivity index (χ1v) is 5.84. The fourth-order valence-corrected chi connectivity index (χ4v) is 2.51. The van der Waals surface area contributed by atoms with Gasteiger partial charge in [-0.3, -0.25) is 0 Å². The lowest BCUT2D eigenvalue weighted by Crippen LogP contribution is -2.28. The summed E-state index contributed by atoms with van der Waals surface area (Å²) in [4.78, 5) is 0. The zero-order chi connectivity index (χ0) is 11.0. The predicted molar refractivity (Wildman–Crippen MR) is 61.0 cm³/mol. The van der Waals surface area contributed by atoms with E-state index in [0.29, 0.717) is 0 Å². The van der Waals surface area contributed by atoms with Gasteiger partial charge in [0.25, 0.3) is 0 Å². The van der Waals surface area contributed by atoms with E-state index in [1.807, 2.05) is 28.9 Å². The molecule has 1 saturated carbocycles. The maximum atomic E-state index is 10.0. The number of aliphatic hydroxyl groups excluding tert-OH is 1. The Morgan fingerprint density at radius 1 is 1.19 bits per heavy atom. The van der Waals surface area contributed by atoms with Crippen molar-refractivity contribution in [2.45, 2.75) is 37.8 Å². The summed E-state index contributed by atoms with van der Waals surface area (Å²) in [5.41, 5.74) is 1.92. The van der Waals surface area contributed by atoms with Crippen LogP contribution in [0.25, 0.3) is 11.0 Å². The molecule has 1 aliphatic carbocycles. The van der Waals surface area contributed by atoms with Crippen molar-refractivity contribution in [2.75, 3.05) is 0 Å². The third-order valence-corrected chi connectivity index (χ3v) is 3.39. The lowest BCUT2D eigenvalue weighted by Gasteiger charge is -2.27. The summed E-state index contributed by atoms with van der Waals surface area (Å²) in [6.45, 7) is 0. The molecular formula is C12H15N3O. The molecule has 0 bridgehead atoms. The van der Waals surface area contributed by atoms with Crippen LogP contribution in [0.5, 0.6) is 0 Å². The molecule has 1 aromatic heterocycles. The van der Waals surface area contributed by atoms with Gasteiger partial charge >= 0.3 is 0 Å². The highest BCUT2D eigenvalue weighted by Gasteiger charge is 2.26. The molecule has 2 atom stereocenters. The van der Waals surface area contributed by atoms with Gasteiger partial charge in [0.1, 0.15) is 5.52 Å². The summed E-state index contributed by atoms with van der Waals surface area (Å²) >= 11 is 0. The minimum atomic E-state index is -0.279. The Labute approximate surface area is 93.9 Å². The highest BCUT2D eigenvalue weighted by Crippen LogP contribution is 2.30. The fraction of sp³-hybridized carbons (Fsp3) is 0.500. The second-order valence-corrected chi connectivity index (χ2v) is 4.44. The monoisotopic (exact) mass is 217 g/mol. The van der Waals surface area contributed by atoms with Gasteiger partial charge in [0.05, 0.1) is 17.7 Å². The Kier molecular flexibility index (Phi) is 2.36. The molecule has 2 aromatic rings. The lowest BCUT2D eigenvalue weighted by atomic mass is 9.92. The van der Waals surface area contributed by atoms with Crippen molar-refractivity contribution in [3.05, 3.63) is 24.3 Å². The van der Waals surface area contributed by atoms with Gasteiger partial charge in [0, 0.05) is 0 Å². The van der Waals surface area contributed by atoms with Crippen LogP contribution in [-0.4, -0.2) is 26.2 Å². The van der Waals surface area contributed by atoms with Crippen LogP contribution in [0.1, 0.15) is 31.7 Å². The Bertz CT molecular complexity index is 494. The van der Waals surface area contributed by atoms with Gasteiger partial charge in [-0.15, -0.1) is 5.10 Å². The van der Waals surface area contributed by atoms with Crippen molar-refractivity contribution in [3.8, 4) is 0 Å². The molecule has 1 heterocycles. The molecule has 4 nitrogen and oxygen atoms in total. The third kappa shape index (κ3) is 1.50. The summed E-state index contributed by atoms with van der Waals surface area (Å²) in [7, 11) is 0. The predicted octanol–water partition coefficient (Wildman–Crippen LogP) is 1.91. The van der Waals surface area contributed by atoms with Crippen LogP contribution in [0.3, 0.4) is 0 Å². The molecule has 0 aliphatic heterocycles. The van der Waals surface area contributed by atoms with Crippen molar-refractivity contribution < 1.29 is 5.11 Å². The van der Waals surface area contributed by atoms with Crippen LogP contribution < -0.4 is 0 Å². The Morgan fingerprint density at radius 3 is 2.88 bits per heavy atom. The van der Waals surface area contributed by atoms with E-state index in [2.05, 4.69) is 10.3 Å². The van der Waals surface area contributed by atoms with Gasteiger partial charge in [-0.1, -0.05) is 30.2 Å². The van der Waals surface area contributed by atoms with E-state index in [1.54, 1.807) is 0 Å². The van der Waals surface area contributed by atoms with E-state index in [1.165, 1.54) is 0 Å². The van der Waals surface area contributed by atoms with Crippen LogP contribution >= 0.6 is 0 Å². The van der Waals surface area contributed by atoms with E-state index in [9.17, 15) is 5.11 Å². The largest absolute Gasteiger partial charge is 0.391 e. The highest BCUT2D eigenvalue weighted by atomic mass is 16.3. The molecule has 0 spiro atoms. The molecule has 84 valence electrons. The number of hydrogen-bond donors (Lipinski definition) is 1. The number of hydrogen-bond acceptors (Lipinski definition) is 3. The molecule has 0 amide bonds. The first-order chi connectivity index (χ1) is 7.86. The quantitative estimate of drug-likeness (QED) is 0.793. The summed E-state index contributed by atoms with van der Waals surface area (Å²) in [6, 6.07) is 8.00. The smallest absolute Gasteiger partial charge is 0.113 e. The molecule has 16 heavy (non-hydrogen) atoms. The number of fused-ring (bicyclic) bond motifs is 1. The normalized spacial score (nSPS) is 26.1. The Morgan fingerprint density at radius 2 is 2.00 bits per heavy atom. The van der Waals surface area contributed by atoms with Gasteiger partial charge in [0.2, 0.25) is 0 Å². The number of nitrogens with zero attached hydrogens (tertiary/aromatic N) is 3. The Hall–Kier alpha value is -1.42. The molecule has 3 rings (SSSR count). The fourth-order valence-electron chi connectivity index (χ4n) is 2.51. The van der Waals surface area contributed by atoms with E-state index in [-0.39, 0.29) is 12.1 Å². The van der Waals surface area contributed by atoms with Crippen LogP contribution in [-0.2, 0) is 0 Å². The van der Waals surface area contributed by atoms with Crippen LogP contribution in [0.2, 0.25) is 0 Å². The molecular weight excluding hydrogens is 202 g/mol. The summed E-state index contributed by atoms with van der Waals surface area (Å²) < 4.78 is 1.89. The number of aliphatic hydroxyl groups is 1. The summed E-state index contributed by atoms with van der Waals surface area (Å²) in [6.07, 6.45) is 3.87. The van der Waals surface area contributed by atoms with E-state index in [0.717, 1.165) is 36.7 Å². The first kappa shape index (κ1) is 9.78. The van der Waals surface area contributed by atoms with Crippen LogP contribution in [0, 0.1) is 0 Å². The number of aromatic nitrogens is 3. The molecule has 0 unspecified atom stereocenters. The average molecular weight is 217 g/mol. The van der Waals surface area contributed by atoms with Crippen molar-refractivity contribution in [2.24, 2.45) is 0 Å². The van der Waals surface area contributed by atoms with Crippen molar-refractivity contribution in [1.29, 1.82) is 0 Å². The second kappa shape index (κ2) is 3.87. The number of rotatable bonds is 1. The molecule has 1 aromatic carbocycles. The van der Waals surface area contributed by atoms with Gasteiger partial charge in [-0.2, -0.15) is 0 Å². The topological polar surface area (TPSA) is 50.9 Å². The van der Waals surface area contributed by atoms with E-state index >= 15 is 0 Å². The maximum absolute atomic E-state index is 10.0. The summed E-state index contributed by atoms with van der Waals surface area (Å²) in [5, 5.41) is 18.3. The molecule has 1 fully saturated rings. The number of benzene rings is 1. The van der Waals surface area contributed by atoms with Gasteiger partial charge in [0.15, 0.2) is 0 Å². The van der Waals surface area contributed by atoms with Crippen molar-refractivity contribution in [1.82, 2.24) is 15.0 Å². The molecule has 1 N–H and O–H groups in total. The second-order valence-electron chi connectivity index (χ2n) is 4.44. The van der Waals surface area contributed by atoms with E-state index in [4.69, 9.17) is 0 Å². The van der Waals surface area contributed by atoms with Crippen LogP contribution in [0.4, 0.5) is 0 Å². The van der Waals surface area contributed by atoms with Crippen molar-refractivity contribution in [3.63, 3.8) is 0 Å². The van der Waals surface area contributed by atoms with Gasteiger partial charge in [-0.05, 0) is 25.0 Å². The van der Waals surface area contributed by atoms with E-state index < -0.39 is 0 Å². The number of para-hydroxylation sites is 1. The minimum Gasteiger partial charge on any atom is -0.391 e. The summed E-state index contributed by atoms with van der Waals surface area (Å²) in [5.74, 6) is 0. The molecule has 4 heteroatoms. The minimum absolute atomic E-state index is 0.0983. The zero-order valence-corrected chi connectivity index (χ0v) is 9.08. The molecule has 1 aliphatic rings. The SMILES string of the molecule is O[C@@H]1CCCC[C@H]1n1nnc2ccccc21. The van der Waals surface area contributed by atoms with Gasteiger partial charge in [-0.25, -0.2) is 4.68 Å². The first-order valence-electron chi connectivity index (χ1n) is 5.84. The Balaban J connectivity index is 2.04. The highest BCUT2D eigenvalue weighted by molar-refractivity contribution is 5.74. The molecule has 0 saturated heterocycles. The van der Waals surface area contributed by atoms with Gasteiger partial charge < -0.3 is 5.11 Å². The van der Waals surface area contributed by atoms with Crippen LogP contribution in [0.15, 0.2) is 24.3 Å². The lowest BCUT2D eigenvalue weighted by molar-refractivity contribution is 0.0706. The maximum Gasteiger partial charge on any atom is 0.113 e. The average Bonchev–Trinajstić information content (AvgIpc) is 2.74. The van der Waals surface area contributed by atoms with Crippen molar-refractivity contribution >= 4 is 11.0 Å². The zero-order valence-electron chi connectivity index (χ0n) is 9.08.